The molecule has 0 aromatic carbocycles. The Bertz CT molecular complexity index is 37.1. The van der Waals surface area contributed by atoms with Gasteiger partial charge in [0, 0.05) is 5.75 Å². The smallest absolute Gasteiger partial charge is 0.0102 e. The molecule has 0 bridgehead atoms. The second-order valence-electron chi connectivity index (χ2n) is 1.91. The van der Waals surface area contributed by atoms with E-state index >= 15 is 0 Å². The van der Waals surface area contributed by atoms with Crippen molar-refractivity contribution in [1.29, 1.82) is 0 Å². The van der Waals surface area contributed by atoms with E-state index in [1.165, 1.54) is 5.75 Å². The van der Waals surface area contributed by atoms with E-state index in [-0.39, 0.29) is 0 Å². The van der Waals surface area contributed by atoms with Gasteiger partial charge in [0.2, 0.25) is 0 Å². The van der Waals surface area contributed by atoms with E-state index in [1.807, 2.05) is 7.05 Å². The lowest BCUT2D eigenvalue weighted by Gasteiger charge is -1.99. The van der Waals surface area contributed by atoms with Gasteiger partial charge in [0.15, 0.2) is 0 Å². The summed E-state index contributed by atoms with van der Waals surface area (Å²) in [6, 6.07) is 0. The molecule has 0 saturated heterocycles. The summed E-state index contributed by atoms with van der Waals surface area (Å²) < 4.78 is 3.02. The molecule has 0 aliphatic rings. The van der Waals surface area contributed by atoms with Crippen LogP contribution in [-0.4, -0.2) is 12.8 Å². The second kappa shape index (κ2) is 4.47. The van der Waals surface area contributed by atoms with Gasteiger partial charge < -0.3 is 0 Å². The molecule has 0 unspecified atom stereocenters. The molecule has 0 spiro atoms. The van der Waals surface area contributed by atoms with E-state index in [1.54, 1.807) is 11.9 Å². The first-order valence-corrected chi connectivity index (χ1v) is 3.54. The SMILES string of the molecule is CNSCC(C)C. The van der Waals surface area contributed by atoms with Gasteiger partial charge in [-0.1, -0.05) is 25.8 Å². The fourth-order valence-corrected chi connectivity index (χ4v) is 0.750. The number of rotatable bonds is 3. The highest BCUT2D eigenvalue weighted by Crippen LogP contribution is 2.00. The van der Waals surface area contributed by atoms with Crippen molar-refractivity contribution in [3.05, 3.63) is 0 Å². The number of hydrogen-bond donors (Lipinski definition) is 1. The quantitative estimate of drug-likeness (QED) is 0.565. The number of nitrogens with one attached hydrogen (secondary N) is 1. The molecule has 0 amide bonds. The molecule has 1 nitrogen and oxygen atoms in total. The van der Waals surface area contributed by atoms with Crippen molar-refractivity contribution < 1.29 is 0 Å². The third-order valence-corrected chi connectivity index (χ3v) is 1.68. The second-order valence-corrected chi connectivity index (χ2v) is 2.94. The molecule has 0 aromatic rings. The molecule has 44 valence electrons. The van der Waals surface area contributed by atoms with Crippen molar-refractivity contribution in [2.24, 2.45) is 5.92 Å². The van der Waals surface area contributed by atoms with E-state index < -0.39 is 0 Å². The third kappa shape index (κ3) is 6.31. The fourth-order valence-electron chi connectivity index (χ4n) is 0.250. The highest BCUT2D eigenvalue weighted by Gasteiger charge is 1.88. The summed E-state index contributed by atoms with van der Waals surface area (Å²) in [6.45, 7) is 4.43. The Morgan fingerprint density at radius 1 is 1.57 bits per heavy atom. The van der Waals surface area contributed by atoms with Crippen LogP contribution in [0.5, 0.6) is 0 Å². The molecule has 7 heavy (non-hydrogen) atoms. The first-order valence-electron chi connectivity index (χ1n) is 2.56. The third-order valence-electron chi connectivity index (χ3n) is 0.561. The molecule has 2 heteroatoms. The Labute approximate surface area is 50.0 Å². The van der Waals surface area contributed by atoms with Crippen LogP contribution < -0.4 is 4.72 Å². The van der Waals surface area contributed by atoms with Gasteiger partial charge in [-0.2, -0.15) is 0 Å². The largest absolute Gasteiger partial charge is 0.267 e. The topological polar surface area (TPSA) is 12.0 Å². The summed E-state index contributed by atoms with van der Waals surface area (Å²) in [5.74, 6) is 2.01. The molecular weight excluding hydrogens is 106 g/mol. The molecule has 0 heterocycles. The molecule has 0 radical (unpaired) electrons. The first kappa shape index (κ1) is 7.31. The van der Waals surface area contributed by atoms with Crippen LogP contribution in [0.4, 0.5) is 0 Å². The van der Waals surface area contributed by atoms with Crippen LogP contribution >= 0.6 is 11.9 Å². The normalized spacial score (nSPS) is 10.3. The van der Waals surface area contributed by atoms with Crippen LogP contribution in [0.3, 0.4) is 0 Å². The molecule has 0 aromatic heterocycles. The van der Waals surface area contributed by atoms with Crippen molar-refractivity contribution in [3.63, 3.8) is 0 Å². The maximum Gasteiger partial charge on any atom is 0.0102 e. The van der Waals surface area contributed by atoms with Gasteiger partial charge in [-0.15, -0.1) is 0 Å². The monoisotopic (exact) mass is 119 g/mol. The molecule has 0 fully saturated rings. The Kier molecular flexibility index (Phi) is 4.67. The fraction of sp³-hybridized carbons (Fsp3) is 1.00. The van der Waals surface area contributed by atoms with Crippen molar-refractivity contribution in [1.82, 2.24) is 4.72 Å². The zero-order valence-electron chi connectivity index (χ0n) is 5.19. The summed E-state index contributed by atoms with van der Waals surface area (Å²) in [4.78, 5) is 0. The maximum absolute atomic E-state index is 3.02. The van der Waals surface area contributed by atoms with Gasteiger partial charge in [0.1, 0.15) is 0 Å². The Balaban J connectivity index is 2.68. The Hall–Kier alpha value is 0.310. The molecule has 0 aliphatic heterocycles. The lowest BCUT2D eigenvalue weighted by atomic mass is 10.3. The molecule has 0 saturated carbocycles. The van der Waals surface area contributed by atoms with E-state index in [4.69, 9.17) is 0 Å². The minimum Gasteiger partial charge on any atom is -0.267 e. The van der Waals surface area contributed by atoms with Crippen LogP contribution in [0, 0.1) is 5.92 Å². The summed E-state index contributed by atoms with van der Waals surface area (Å²) in [6.07, 6.45) is 0. The van der Waals surface area contributed by atoms with E-state index in [9.17, 15) is 0 Å². The van der Waals surface area contributed by atoms with E-state index in [0.29, 0.717) is 0 Å². The molecule has 0 aliphatic carbocycles. The molecular formula is C5H13NS. The van der Waals surface area contributed by atoms with Crippen molar-refractivity contribution >= 4 is 11.9 Å². The van der Waals surface area contributed by atoms with Crippen molar-refractivity contribution in [2.45, 2.75) is 13.8 Å². The van der Waals surface area contributed by atoms with Crippen molar-refractivity contribution in [3.8, 4) is 0 Å². The summed E-state index contributed by atoms with van der Waals surface area (Å²) in [7, 11) is 1.95. The Morgan fingerprint density at radius 3 is 2.29 bits per heavy atom. The summed E-state index contributed by atoms with van der Waals surface area (Å²) in [5.41, 5.74) is 0. The van der Waals surface area contributed by atoms with Crippen LogP contribution in [0.2, 0.25) is 0 Å². The van der Waals surface area contributed by atoms with E-state index in [2.05, 4.69) is 18.6 Å². The predicted octanol–water partition coefficient (Wildman–Crippen LogP) is 1.51. The maximum atomic E-state index is 3.02. The summed E-state index contributed by atoms with van der Waals surface area (Å²) >= 11 is 1.77. The minimum atomic E-state index is 0.803. The van der Waals surface area contributed by atoms with Gasteiger partial charge in [-0.05, 0) is 13.0 Å². The standard InChI is InChI=1S/C5H13NS/c1-5(2)4-7-6-3/h5-6H,4H2,1-3H3. The molecule has 0 rings (SSSR count). The van der Waals surface area contributed by atoms with E-state index in [0.717, 1.165) is 5.92 Å². The van der Waals surface area contributed by atoms with Crippen LogP contribution in [0.25, 0.3) is 0 Å². The highest BCUT2D eigenvalue weighted by atomic mass is 32.2. The van der Waals surface area contributed by atoms with Gasteiger partial charge >= 0.3 is 0 Å². The van der Waals surface area contributed by atoms with Gasteiger partial charge in [-0.3, -0.25) is 4.72 Å². The molecule has 0 atom stereocenters. The van der Waals surface area contributed by atoms with Crippen molar-refractivity contribution in [2.75, 3.05) is 12.8 Å². The van der Waals surface area contributed by atoms with Gasteiger partial charge in [0.05, 0.1) is 0 Å². The average Bonchev–Trinajstić information content (AvgIpc) is 1.61. The van der Waals surface area contributed by atoms with Crippen LogP contribution in [0.15, 0.2) is 0 Å². The summed E-state index contributed by atoms with van der Waals surface area (Å²) in [5, 5.41) is 0. The number of hydrogen-bond acceptors (Lipinski definition) is 2. The average molecular weight is 119 g/mol. The van der Waals surface area contributed by atoms with Crippen LogP contribution in [0.1, 0.15) is 13.8 Å². The minimum absolute atomic E-state index is 0.803. The molecule has 1 N–H and O–H groups in total. The first-order chi connectivity index (χ1) is 3.27. The van der Waals surface area contributed by atoms with Crippen LogP contribution in [-0.2, 0) is 0 Å². The highest BCUT2D eigenvalue weighted by molar-refractivity contribution is 7.97. The predicted molar refractivity (Wildman–Crippen MR) is 36.4 cm³/mol. The van der Waals surface area contributed by atoms with Gasteiger partial charge in [0.25, 0.3) is 0 Å². The zero-order chi connectivity index (χ0) is 5.70. The lowest BCUT2D eigenvalue weighted by Crippen LogP contribution is -1.98. The van der Waals surface area contributed by atoms with Gasteiger partial charge in [-0.25, -0.2) is 0 Å². The Morgan fingerprint density at radius 2 is 2.14 bits per heavy atom. The lowest BCUT2D eigenvalue weighted by molar-refractivity contribution is 0.749. The zero-order valence-corrected chi connectivity index (χ0v) is 6.01.